The van der Waals surface area contributed by atoms with Gasteiger partial charge in [0, 0.05) is 26.6 Å². The molecule has 0 radical (unpaired) electrons. The number of nitrogens with zero attached hydrogens (tertiary/aromatic N) is 2. The molecule has 1 atom stereocenters. The van der Waals surface area contributed by atoms with Gasteiger partial charge in [-0.05, 0) is 25.8 Å². The van der Waals surface area contributed by atoms with Crippen molar-refractivity contribution in [1.29, 1.82) is 0 Å². The summed E-state index contributed by atoms with van der Waals surface area (Å²) in [4.78, 5) is 42.5. The maximum absolute atomic E-state index is 12.7. The highest BCUT2D eigenvalue weighted by Crippen LogP contribution is 2.29. The Bertz CT molecular complexity index is 917. The topological polar surface area (TPSA) is 99.5 Å². The summed E-state index contributed by atoms with van der Waals surface area (Å²) in [6.07, 6.45) is 0.729. The van der Waals surface area contributed by atoms with Gasteiger partial charge in [-0.2, -0.15) is 0 Å². The first-order chi connectivity index (χ1) is 12.4. The number of aryl methyl sites for hydroxylation is 2. The molecule has 0 spiro atoms. The van der Waals surface area contributed by atoms with Crippen LogP contribution in [0.3, 0.4) is 0 Å². The quantitative estimate of drug-likeness (QED) is 0.594. The van der Waals surface area contributed by atoms with E-state index in [1.807, 2.05) is 0 Å². The maximum atomic E-state index is 12.7. The minimum atomic E-state index is -0.942. The Morgan fingerprint density at radius 3 is 2.92 bits per heavy atom. The number of thiophene rings is 1. The van der Waals surface area contributed by atoms with Crippen LogP contribution in [-0.2, 0) is 27.2 Å². The molecular formula is C17H21N3O5S. The molecule has 0 fully saturated rings. The molecule has 1 N–H and O–H groups in total. The number of rotatable bonds is 6. The van der Waals surface area contributed by atoms with Gasteiger partial charge in [0.1, 0.15) is 15.5 Å². The summed E-state index contributed by atoms with van der Waals surface area (Å²) in [7, 11) is 1.53. The Morgan fingerprint density at radius 1 is 1.42 bits per heavy atom. The number of methoxy groups -OCH3 is 1. The minimum Gasteiger partial charge on any atom is -0.448 e. The Balaban J connectivity index is 1.81. The van der Waals surface area contributed by atoms with Gasteiger partial charge in [0.25, 0.3) is 11.5 Å². The fourth-order valence-electron chi connectivity index (χ4n) is 2.96. The third kappa shape index (κ3) is 3.36. The van der Waals surface area contributed by atoms with Crippen molar-refractivity contribution in [3.8, 4) is 0 Å². The Labute approximate surface area is 154 Å². The van der Waals surface area contributed by atoms with Crippen molar-refractivity contribution in [2.24, 2.45) is 0 Å². The molecule has 3 heterocycles. The molecule has 0 aliphatic carbocycles. The molecular weight excluding hydrogens is 358 g/mol. The molecule has 0 bridgehead atoms. The molecule has 8 nitrogen and oxygen atoms in total. The molecule has 0 aromatic carbocycles. The summed E-state index contributed by atoms with van der Waals surface area (Å²) in [5.41, 5.74) is 0.447. The van der Waals surface area contributed by atoms with Gasteiger partial charge in [-0.1, -0.05) is 0 Å². The van der Waals surface area contributed by atoms with Crippen molar-refractivity contribution in [2.75, 3.05) is 20.3 Å². The molecule has 0 saturated heterocycles. The molecule has 9 heteroatoms. The summed E-state index contributed by atoms with van der Waals surface area (Å²) in [5.74, 6) is -0.259. The SMILES string of the molecule is COCCNC(=O)[C@H](C)OC(=O)c1sc2nc3n(c(=O)c2c1C)CCC3. The predicted molar refractivity (Wildman–Crippen MR) is 96.7 cm³/mol. The van der Waals surface area contributed by atoms with Gasteiger partial charge in [0.2, 0.25) is 0 Å². The lowest BCUT2D eigenvalue weighted by Gasteiger charge is -2.13. The van der Waals surface area contributed by atoms with Crippen molar-refractivity contribution in [2.45, 2.75) is 39.3 Å². The number of esters is 1. The van der Waals surface area contributed by atoms with E-state index in [1.54, 1.807) is 11.5 Å². The fourth-order valence-corrected chi connectivity index (χ4v) is 4.03. The van der Waals surface area contributed by atoms with E-state index in [0.717, 1.165) is 30.0 Å². The van der Waals surface area contributed by atoms with Crippen molar-refractivity contribution < 1.29 is 19.1 Å². The summed E-state index contributed by atoms with van der Waals surface area (Å²) in [6, 6.07) is 0. The maximum Gasteiger partial charge on any atom is 0.349 e. The van der Waals surface area contributed by atoms with Gasteiger partial charge < -0.3 is 14.8 Å². The molecule has 2 aromatic rings. The molecule has 140 valence electrons. The Hall–Kier alpha value is -2.26. The zero-order valence-corrected chi connectivity index (χ0v) is 15.8. The third-order valence-electron chi connectivity index (χ3n) is 4.36. The molecule has 1 aliphatic heterocycles. The lowest BCUT2D eigenvalue weighted by molar-refractivity contribution is -0.129. The first-order valence-corrected chi connectivity index (χ1v) is 9.26. The van der Waals surface area contributed by atoms with Crippen molar-refractivity contribution in [1.82, 2.24) is 14.9 Å². The van der Waals surface area contributed by atoms with E-state index < -0.39 is 18.0 Å². The van der Waals surface area contributed by atoms with Crippen molar-refractivity contribution >= 4 is 33.4 Å². The van der Waals surface area contributed by atoms with Gasteiger partial charge in [0.15, 0.2) is 6.10 Å². The largest absolute Gasteiger partial charge is 0.448 e. The van der Waals surface area contributed by atoms with Crippen LogP contribution in [0.4, 0.5) is 0 Å². The zero-order chi connectivity index (χ0) is 18.8. The summed E-state index contributed by atoms with van der Waals surface area (Å²) >= 11 is 1.14. The standard InChI is InChI=1S/C17H21N3O5S/c1-9-12-15(19-11-5-4-7-20(11)16(12)22)26-13(9)17(23)25-10(2)14(21)18-6-8-24-3/h10H,4-8H2,1-3H3,(H,18,21)/t10-/m0/s1. The number of carbonyl (C=O) groups excluding carboxylic acids is 2. The van der Waals surface area contributed by atoms with Crippen LogP contribution in [0.2, 0.25) is 0 Å². The lowest BCUT2D eigenvalue weighted by atomic mass is 10.2. The van der Waals surface area contributed by atoms with Crippen LogP contribution in [0.25, 0.3) is 10.2 Å². The minimum absolute atomic E-state index is 0.111. The van der Waals surface area contributed by atoms with E-state index in [4.69, 9.17) is 9.47 Å². The van der Waals surface area contributed by atoms with Gasteiger partial charge in [-0.15, -0.1) is 11.3 Å². The first-order valence-electron chi connectivity index (χ1n) is 8.44. The number of hydrogen-bond donors (Lipinski definition) is 1. The van der Waals surface area contributed by atoms with Gasteiger partial charge in [-0.25, -0.2) is 9.78 Å². The van der Waals surface area contributed by atoms with E-state index in [-0.39, 0.29) is 5.56 Å². The van der Waals surface area contributed by atoms with Crippen molar-refractivity contribution in [3.63, 3.8) is 0 Å². The number of aromatic nitrogens is 2. The summed E-state index contributed by atoms with van der Waals surface area (Å²) in [6.45, 7) is 4.59. The second-order valence-corrected chi connectivity index (χ2v) is 7.16. The number of fused-ring (bicyclic) bond motifs is 2. The number of carbonyl (C=O) groups is 2. The van der Waals surface area contributed by atoms with Crippen LogP contribution in [0.5, 0.6) is 0 Å². The second kappa shape index (κ2) is 7.55. The third-order valence-corrected chi connectivity index (χ3v) is 5.52. The van der Waals surface area contributed by atoms with Gasteiger partial charge in [-0.3, -0.25) is 14.2 Å². The highest BCUT2D eigenvalue weighted by atomic mass is 32.1. The molecule has 3 rings (SSSR count). The smallest absolute Gasteiger partial charge is 0.349 e. The monoisotopic (exact) mass is 379 g/mol. The van der Waals surface area contributed by atoms with E-state index in [2.05, 4.69) is 10.3 Å². The van der Waals surface area contributed by atoms with Gasteiger partial charge in [0.05, 0.1) is 12.0 Å². The summed E-state index contributed by atoms with van der Waals surface area (Å²) in [5, 5.41) is 3.08. The number of nitrogens with one attached hydrogen (secondary N) is 1. The van der Waals surface area contributed by atoms with Gasteiger partial charge >= 0.3 is 5.97 Å². The van der Waals surface area contributed by atoms with E-state index in [9.17, 15) is 14.4 Å². The number of amides is 1. The predicted octanol–water partition coefficient (Wildman–Crippen LogP) is 1.02. The van der Waals surface area contributed by atoms with E-state index in [0.29, 0.717) is 40.4 Å². The van der Waals surface area contributed by atoms with Crippen LogP contribution in [0, 0.1) is 6.92 Å². The second-order valence-electron chi connectivity index (χ2n) is 6.16. The highest BCUT2D eigenvalue weighted by molar-refractivity contribution is 7.20. The van der Waals surface area contributed by atoms with E-state index >= 15 is 0 Å². The first kappa shape index (κ1) is 18.5. The molecule has 0 saturated carbocycles. The molecule has 2 aromatic heterocycles. The Morgan fingerprint density at radius 2 is 2.19 bits per heavy atom. The normalized spacial score (nSPS) is 14.3. The van der Waals surface area contributed by atoms with E-state index in [1.165, 1.54) is 14.0 Å². The average molecular weight is 379 g/mol. The number of hydrogen-bond acceptors (Lipinski definition) is 7. The van der Waals surface area contributed by atoms with Crippen LogP contribution in [0.15, 0.2) is 4.79 Å². The molecule has 1 amide bonds. The molecule has 0 unspecified atom stereocenters. The van der Waals surface area contributed by atoms with Crippen molar-refractivity contribution in [3.05, 3.63) is 26.6 Å². The summed E-state index contributed by atoms with van der Waals surface area (Å²) < 4.78 is 11.8. The van der Waals surface area contributed by atoms with Crippen LogP contribution in [-0.4, -0.2) is 47.8 Å². The highest BCUT2D eigenvalue weighted by Gasteiger charge is 2.26. The number of ether oxygens (including phenoxy) is 2. The molecule has 26 heavy (non-hydrogen) atoms. The fraction of sp³-hybridized carbons (Fsp3) is 0.529. The average Bonchev–Trinajstić information content (AvgIpc) is 3.20. The van der Waals surface area contributed by atoms with Crippen LogP contribution >= 0.6 is 11.3 Å². The Kier molecular flexibility index (Phi) is 5.38. The zero-order valence-electron chi connectivity index (χ0n) is 15.0. The lowest BCUT2D eigenvalue weighted by Crippen LogP contribution is -2.37. The van der Waals surface area contributed by atoms with Crippen LogP contribution in [0.1, 0.15) is 34.4 Å². The molecule has 1 aliphatic rings. The van der Waals surface area contributed by atoms with Crippen LogP contribution < -0.4 is 10.9 Å².